The average Bonchev–Trinajstić information content (AvgIpc) is 3.16. The van der Waals surface area contributed by atoms with Gasteiger partial charge in [-0.15, -0.1) is 0 Å². The third-order valence-electron chi connectivity index (χ3n) is 12.1. The van der Waals surface area contributed by atoms with E-state index >= 15 is 0 Å². The molecule has 36 heavy (non-hydrogen) atoms. The second kappa shape index (κ2) is 10.3. The Kier molecular flexibility index (Phi) is 8.05. The number of carbonyl (C=O) groups is 2. The Bertz CT molecular complexity index is 824. The Morgan fingerprint density at radius 3 is 2.25 bits per heavy atom. The molecule has 206 valence electrons. The first kappa shape index (κ1) is 28.1. The van der Waals surface area contributed by atoms with Crippen LogP contribution in [0.15, 0.2) is 0 Å². The molecule has 0 bridgehead atoms. The lowest BCUT2D eigenvalue weighted by Gasteiger charge is -2.60. The maximum absolute atomic E-state index is 13.6. The highest BCUT2D eigenvalue weighted by atomic mass is 16.5. The van der Waals surface area contributed by atoms with Crippen molar-refractivity contribution in [2.75, 3.05) is 0 Å². The van der Waals surface area contributed by atoms with Crippen LogP contribution in [0.2, 0.25) is 0 Å². The molecule has 4 saturated carbocycles. The maximum atomic E-state index is 13.6. The molecule has 2 N–H and O–H groups in total. The number of fused-ring (bicyclic) bond motifs is 5. The third-order valence-corrected chi connectivity index (χ3v) is 12.1. The van der Waals surface area contributed by atoms with E-state index in [2.05, 4.69) is 41.5 Å². The maximum Gasteiger partial charge on any atom is 0.302 e. The van der Waals surface area contributed by atoms with Crippen LogP contribution in [0.3, 0.4) is 0 Å². The van der Waals surface area contributed by atoms with Crippen LogP contribution in [0.4, 0.5) is 0 Å². The van der Waals surface area contributed by atoms with E-state index in [0.717, 1.165) is 44.9 Å². The highest BCUT2D eigenvalue weighted by Crippen LogP contribution is 2.68. The van der Waals surface area contributed by atoms with Crippen LogP contribution in [-0.2, 0) is 14.3 Å². The van der Waals surface area contributed by atoms with Crippen molar-refractivity contribution < 1.29 is 24.5 Å². The zero-order chi connectivity index (χ0) is 26.6. The van der Waals surface area contributed by atoms with Crippen molar-refractivity contribution in [2.24, 2.45) is 58.2 Å². The summed E-state index contributed by atoms with van der Waals surface area (Å²) in [6.45, 7) is 14.8. The van der Waals surface area contributed by atoms with E-state index < -0.39 is 12.2 Å². The van der Waals surface area contributed by atoms with E-state index in [9.17, 15) is 19.8 Å². The van der Waals surface area contributed by atoms with Crippen molar-refractivity contribution in [3.05, 3.63) is 0 Å². The van der Waals surface area contributed by atoms with Crippen LogP contribution < -0.4 is 0 Å². The summed E-state index contributed by atoms with van der Waals surface area (Å²) >= 11 is 0. The molecular formula is C31H52O5. The van der Waals surface area contributed by atoms with Crippen molar-refractivity contribution in [1.82, 2.24) is 0 Å². The molecule has 0 unspecified atom stereocenters. The largest absolute Gasteiger partial charge is 0.463 e. The van der Waals surface area contributed by atoms with Gasteiger partial charge in [-0.1, -0.05) is 48.0 Å². The molecule has 12 atom stereocenters. The predicted molar refractivity (Wildman–Crippen MR) is 141 cm³/mol. The van der Waals surface area contributed by atoms with Crippen molar-refractivity contribution >= 4 is 11.8 Å². The molecule has 0 aromatic carbocycles. The van der Waals surface area contributed by atoms with Gasteiger partial charge in [0.05, 0.1) is 12.2 Å². The fraction of sp³-hybridized carbons (Fsp3) is 0.935. The Balaban J connectivity index is 1.51. The lowest BCUT2D eigenvalue weighted by Crippen LogP contribution is -2.57. The molecule has 0 aromatic heterocycles. The molecule has 0 saturated heterocycles. The van der Waals surface area contributed by atoms with Crippen LogP contribution in [0, 0.1) is 58.2 Å². The minimum Gasteiger partial charge on any atom is -0.463 e. The number of Topliss-reactive ketones (excluding diaryl/α,β-unsaturated/α-hetero) is 1. The van der Waals surface area contributed by atoms with Gasteiger partial charge in [-0.25, -0.2) is 0 Å². The van der Waals surface area contributed by atoms with Crippen molar-refractivity contribution in [3.8, 4) is 0 Å². The second-order valence-corrected chi connectivity index (χ2v) is 14.0. The smallest absolute Gasteiger partial charge is 0.302 e. The number of rotatable bonds is 7. The first-order valence-electron chi connectivity index (χ1n) is 14.9. The Labute approximate surface area is 219 Å². The SMILES string of the molecule is CC[C@@H](C(C)C)[C@H](O)[C@@H](O)[C@@H](C)[C@H]1CC[C@H]2[C@@H]3CC(=O)[C@H]4C[C@@H](OC(C)=O)CC[C@]4(C)[C@H]3CC[C@]12C. The molecule has 0 spiro atoms. The number of ketones is 1. The van der Waals surface area contributed by atoms with E-state index in [-0.39, 0.29) is 40.7 Å². The van der Waals surface area contributed by atoms with Gasteiger partial charge >= 0.3 is 5.97 Å². The summed E-state index contributed by atoms with van der Waals surface area (Å²) in [7, 11) is 0. The van der Waals surface area contributed by atoms with Gasteiger partial charge in [0.1, 0.15) is 11.9 Å². The van der Waals surface area contributed by atoms with Gasteiger partial charge in [0.15, 0.2) is 0 Å². The molecule has 4 fully saturated rings. The van der Waals surface area contributed by atoms with Crippen LogP contribution in [0.25, 0.3) is 0 Å². The fourth-order valence-electron chi connectivity index (χ4n) is 10.2. The minimum absolute atomic E-state index is 0.00298. The van der Waals surface area contributed by atoms with Gasteiger partial charge in [0, 0.05) is 19.3 Å². The fourth-order valence-corrected chi connectivity index (χ4v) is 10.2. The molecule has 4 aliphatic carbocycles. The molecule has 0 radical (unpaired) electrons. The summed E-state index contributed by atoms with van der Waals surface area (Å²) in [5.41, 5.74) is 0.113. The van der Waals surface area contributed by atoms with Gasteiger partial charge < -0.3 is 14.9 Å². The Morgan fingerprint density at radius 1 is 1.00 bits per heavy atom. The normalized spacial score (nSPS) is 43.7. The Hall–Kier alpha value is -0.940. The van der Waals surface area contributed by atoms with Crippen LogP contribution in [-0.4, -0.2) is 40.3 Å². The molecule has 0 amide bonds. The zero-order valence-corrected chi connectivity index (χ0v) is 23.8. The molecule has 5 heteroatoms. The minimum atomic E-state index is -0.706. The first-order chi connectivity index (χ1) is 16.8. The van der Waals surface area contributed by atoms with Crippen molar-refractivity contribution in [3.63, 3.8) is 0 Å². The highest BCUT2D eigenvalue weighted by Gasteiger charge is 2.63. The topological polar surface area (TPSA) is 83.8 Å². The zero-order valence-electron chi connectivity index (χ0n) is 23.8. The molecule has 4 rings (SSSR count). The number of aliphatic hydroxyl groups is 2. The van der Waals surface area contributed by atoms with Gasteiger partial charge in [0.25, 0.3) is 0 Å². The summed E-state index contributed by atoms with van der Waals surface area (Å²) in [5.74, 6) is 2.49. The monoisotopic (exact) mass is 504 g/mol. The highest BCUT2D eigenvalue weighted by molar-refractivity contribution is 5.83. The number of hydrogen-bond donors (Lipinski definition) is 2. The van der Waals surface area contributed by atoms with Crippen LogP contribution in [0.5, 0.6) is 0 Å². The Morgan fingerprint density at radius 2 is 1.64 bits per heavy atom. The number of aliphatic hydroxyl groups excluding tert-OH is 2. The first-order valence-corrected chi connectivity index (χ1v) is 14.9. The van der Waals surface area contributed by atoms with Gasteiger partial charge in [-0.2, -0.15) is 0 Å². The number of ether oxygens (including phenoxy) is 1. The van der Waals surface area contributed by atoms with E-state index in [0.29, 0.717) is 48.2 Å². The summed E-state index contributed by atoms with van der Waals surface area (Å²) in [6.07, 6.45) is 7.03. The molecule has 4 aliphatic rings. The van der Waals surface area contributed by atoms with Crippen molar-refractivity contribution in [2.45, 2.75) is 125 Å². The molecule has 0 heterocycles. The van der Waals surface area contributed by atoms with Crippen LogP contribution in [0.1, 0.15) is 106 Å². The van der Waals surface area contributed by atoms with Gasteiger partial charge in [-0.3, -0.25) is 9.59 Å². The molecule has 5 nitrogen and oxygen atoms in total. The third kappa shape index (κ3) is 4.59. The second-order valence-electron chi connectivity index (χ2n) is 14.0. The van der Waals surface area contributed by atoms with E-state index in [4.69, 9.17) is 4.74 Å². The van der Waals surface area contributed by atoms with Crippen LogP contribution >= 0.6 is 0 Å². The lowest BCUT2D eigenvalue weighted by molar-refractivity contribution is -0.170. The summed E-state index contributed by atoms with van der Waals surface area (Å²) in [6, 6.07) is 0. The standard InChI is InChI=1S/C31H52O5/c1-8-21(17(2)3)29(35)28(34)18(4)23-9-10-24-22-16-27(33)26-15-20(36-19(5)32)11-13-31(26,7)25(22)12-14-30(23,24)6/h17-18,20-26,28-29,34-35H,8-16H2,1-7H3/t18-,20-,21-,22-,23+,24-,25-,26+,28-,29-,30+,31+/m0/s1. The quantitative estimate of drug-likeness (QED) is 0.428. The number of carbonyl (C=O) groups excluding carboxylic acids is 2. The van der Waals surface area contributed by atoms with E-state index in [1.807, 2.05) is 0 Å². The van der Waals surface area contributed by atoms with E-state index in [1.165, 1.54) is 6.92 Å². The molecular weight excluding hydrogens is 452 g/mol. The molecule has 0 aromatic rings. The number of esters is 1. The number of hydrogen-bond acceptors (Lipinski definition) is 5. The molecule has 0 aliphatic heterocycles. The predicted octanol–water partition coefficient (Wildman–Crippen LogP) is 5.80. The summed E-state index contributed by atoms with van der Waals surface area (Å²) in [5, 5.41) is 22.4. The summed E-state index contributed by atoms with van der Waals surface area (Å²) in [4.78, 5) is 25.1. The average molecular weight is 505 g/mol. The van der Waals surface area contributed by atoms with E-state index in [1.54, 1.807) is 0 Å². The summed E-state index contributed by atoms with van der Waals surface area (Å²) < 4.78 is 5.54. The van der Waals surface area contributed by atoms with Gasteiger partial charge in [-0.05, 0) is 97.2 Å². The van der Waals surface area contributed by atoms with Gasteiger partial charge in [0.2, 0.25) is 0 Å². The lowest BCUT2D eigenvalue weighted by atomic mass is 9.44. The van der Waals surface area contributed by atoms with Crippen molar-refractivity contribution in [1.29, 1.82) is 0 Å².